The fourth-order valence-electron chi connectivity index (χ4n) is 4.88. The molecule has 1 aromatic carbocycles. The summed E-state index contributed by atoms with van der Waals surface area (Å²) < 4.78 is 6.17. The number of rotatable bonds is 2. The van der Waals surface area contributed by atoms with Crippen LogP contribution in [0.2, 0.25) is 0 Å². The van der Waals surface area contributed by atoms with Gasteiger partial charge in [0.05, 0.1) is 6.61 Å². The second kappa shape index (κ2) is 4.99. The first-order chi connectivity index (χ1) is 10.4. The summed E-state index contributed by atoms with van der Waals surface area (Å²) in [4.78, 5) is 0. The van der Waals surface area contributed by atoms with E-state index in [1.165, 1.54) is 12.8 Å². The van der Waals surface area contributed by atoms with E-state index in [-0.39, 0.29) is 5.44 Å². The monoisotopic (exact) mass is 318 g/mol. The quantitative estimate of drug-likeness (QED) is 0.892. The number of hydrogen-bond donors (Lipinski definition) is 1. The van der Waals surface area contributed by atoms with Crippen molar-refractivity contribution in [3.8, 4) is 0 Å². The Labute approximate surface area is 137 Å². The molecule has 2 nitrogen and oxygen atoms in total. The molecule has 4 fully saturated rings. The van der Waals surface area contributed by atoms with Crippen LogP contribution >= 0.6 is 11.8 Å². The summed E-state index contributed by atoms with van der Waals surface area (Å²) in [5.74, 6) is 2.35. The maximum atomic E-state index is 11.0. The van der Waals surface area contributed by atoms with Gasteiger partial charge in [-0.3, -0.25) is 0 Å². The average molecular weight is 318 g/mol. The summed E-state index contributed by atoms with van der Waals surface area (Å²) >= 11 is 1.88. The Morgan fingerprint density at radius 2 is 1.95 bits per heavy atom. The van der Waals surface area contributed by atoms with Crippen LogP contribution in [-0.2, 0) is 10.3 Å². The Morgan fingerprint density at radius 1 is 1.23 bits per heavy atom. The van der Waals surface area contributed by atoms with Gasteiger partial charge in [-0.1, -0.05) is 44.2 Å². The van der Waals surface area contributed by atoms with E-state index in [9.17, 15) is 5.11 Å². The van der Waals surface area contributed by atoms with Gasteiger partial charge in [0.1, 0.15) is 11.0 Å². The molecule has 120 valence electrons. The third-order valence-electron chi connectivity index (χ3n) is 6.61. The number of thioether (sulfide) groups is 1. The van der Waals surface area contributed by atoms with Crippen molar-refractivity contribution in [2.75, 3.05) is 6.61 Å². The van der Waals surface area contributed by atoms with Crippen LogP contribution < -0.4 is 0 Å². The van der Waals surface area contributed by atoms with Crippen molar-refractivity contribution < 1.29 is 9.84 Å². The molecule has 1 N–H and O–H groups in total. The molecule has 6 atom stereocenters. The Morgan fingerprint density at radius 3 is 2.64 bits per heavy atom. The Balaban J connectivity index is 1.52. The topological polar surface area (TPSA) is 29.5 Å². The number of ether oxygens (including phenoxy) is 1. The fourth-order valence-corrected chi connectivity index (χ4v) is 6.57. The molecule has 22 heavy (non-hydrogen) atoms. The van der Waals surface area contributed by atoms with Gasteiger partial charge in [-0.05, 0) is 48.5 Å². The summed E-state index contributed by atoms with van der Waals surface area (Å²) in [5, 5.41) is 11.7. The maximum absolute atomic E-state index is 11.0. The molecule has 0 unspecified atom stereocenters. The molecule has 3 heteroatoms. The van der Waals surface area contributed by atoms with Crippen LogP contribution in [0.1, 0.15) is 39.2 Å². The molecule has 3 aliphatic carbocycles. The third-order valence-corrected chi connectivity index (χ3v) is 8.35. The highest BCUT2D eigenvalue weighted by molar-refractivity contribution is 8.00. The number of hydrogen-bond acceptors (Lipinski definition) is 3. The minimum absolute atomic E-state index is 0.156. The van der Waals surface area contributed by atoms with Crippen LogP contribution in [0.15, 0.2) is 30.3 Å². The fraction of sp³-hybridized carbons (Fsp3) is 0.684. The zero-order chi connectivity index (χ0) is 15.5. The summed E-state index contributed by atoms with van der Waals surface area (Å²) in [6.45, 7) is 7.57. The number of benzene rings is 1. The average Bonchev–Trinajstić information content (AvgIpc) is 2.54. The SMILES string of the molecule is CC1(C)[C@H]2C[C@@H]3S[C@H]([C@](C)(O)c4ccccc4)OC[C@H]3[C@@H]1C2. The van der Waals surface area contributed by atoms with E-state index in [1.54, 1.807) is 0 Å². The zero-order valence-corrected chi connectivity index (χ0v) is 14.5. The Hall–Kier alpha value is -0.510. The highest BCUT2D eigenvalue weighted by atomic mass is 32.2. The zero-order valence-electron chi connectivity index (χ0n) is 13.7. The molecule has 4 aliphatic rings. The number of aliphatic hydroxyl groups is 1. The van der Waals surface area contributed by atoms with Gasteiger partial charge in [-0.25, -0.2) is 0 Å². The smallest absolute Gasteiger partial charge is 0.136 e. The normalized spacial score (nSPS) is 41.9. The van der Waals surface area contributed by atoms with Gasteiger partial charge in [0.2, 0.25) is 0 Å². The summed E-state index contributed by atoms with van der Waals surface area (Å²) in [6.07, 6.45) is 2.68. The molecule has 0 amide bonds. The molecular formula is C19H26O2S. The van der Waals surface area contributed by atoms with E-state index < -0.39 is 5.60 Å². The van der Waals surface area contributed by atoms with Crippen molar-refractivity contribution in [3.63, 3.8) is 0 Å². The first kappa shape index (κ1) is 15.0. The lowest BCUT2D eigenvalue weighted by Gasteiger charge is -2.64. The highest BCUT2D eigenvalue weighted by Gasteiger charge is 2.60. The molecule has 2 bridgehead atoms. The van der Waals surface area contributed by atoms with E-state index in [0.717, 1.165) is 24.0 Å². The lowest BCUT2D eigenvalue weighted by molar-refractivity contribution is -0.146. The van der Waals surface area contributed by atoms with Crippen LogP contribution in [0, 0.1) is 23.2 Å². The van der Waals surface area contributed by atoms with Crippen LogP contribution in [-0.4, -0.2) is 22.4 Å². The third kappa shape index (κ3) is 2.09. The minimum atomic E-state index is -0.923. The van der Waals surface area contributed by atoms with Crippen molar-refractivity contribution in [1.82, 2.24) is 0 Å². The van der Waals surface area contributed by atoms with Gasteiger partial charge in [0.15, 0.2) is 0 Å². The second-order valence-corrected chi connectivity index (χ2v) is 9.42. The van der Waals surface area contributed by atoms with Gasteiger partial charge < -0.3 is 9.84 Å². The largest absolute Gasteiger partial charge is 0.382 e. The maximum Gasteiger partial charge on any atom is 0.136 e. The molecule has 0 spiro atoms. The Bertz CT molecular complexity index is 554. The second-order valence-electron chi connectivity index (χ2n) is 8.11. The minimum Gasteiger partial charge on any atom is -0.382 e. The van der Waals surface area contributed by atoms with Gasteiger partial charge in [-0.2, -0.15) is 0 Å². The lowest BCUT2D eigenvalue weighted by atomic mass is 9.45. The van der Waals surface area contributed by atoms with E-state index in [1.807, 2.05) is 49.0 Å². The van der Waals surface area contributed by atoms with Crippen LogP contribution in [0.3, 0.4) is 0 Å². The molecule has 0 aromatic heterocycles. The van der Waals surface area contributed by atoms with Crippen molar-refractivity contribution in [3.05, 3.63) is 35.9 Å². The molecular weight excluding hydrogens is 292 g/mol. The molecule has 1 aliphatic heterocycles. The first-order valence-electron chi connectivity index (χ1n) is 8.45. The predicted molar refractivity (Wildman–Crippen MR) is 90.6 cm³/mol. The molecule has 3 saturated carbocycles. The molecule has 1 heterocycles. The summed E-state index contributed by atoms with van der Waals surface area (Å²) in [7, 11) is 0. The van der Waals surface area contributed by atoms with E-state index in [0.29, 0.717) is 16.6 Å². The predicted octanol–water partition coefficient (Wildman–Crippen LogP) is 4.03. The van der Waals surface area contributed by atoms with E-state index >= 15 is 0 Å². The van der Waals surface area contributed by atoms with Crippen molar-refractivity contribution in [2.24, 2.45) is 23.2 Å². The molecule has 1 aromatic rings. The molecule has 0 radical (unpaired) electrons. The van der Waals surface area contributed by atoms with Crippen molar-refractivity contribution in [1.29, 1.82) is 0 Å². The van der Waals surface area contributed by atoms with Gasteiger partial charge in [0.25, 0.3) is 0 Å². The van der Waals surface area contributed by atoms with E-state index in [4.69, 9.17) is 4.74 Å². The van der Waals surface area contributed by atoms with Gasteiger partial charge in [0, 0.05) is 5.25 Å². The van der Waals surface area contributed by atoms with Gasteiger partial charge >= 0.3 is 0 Å². The Kier molecular flexibility index (Phi) is 3.41. The van der Waals surface area contributed by atoms with Crippen LogP contribution in [0.25, 0.3) is 0 Å². The molecule has 5 rings (SSSR count). The summed E-state index contributed by atoms with van der Waals surface area (Å²) in [6, 6.07) is 9.95. The first-order valence-corrected chi connectivity index (χ1v) is 9.40. The lowest BCUT2D eigenvalue weighted by Crippen LogP contribution is -2.60. The summed E-state index contributed by atoms with van der Waals surface area (Å²) in [5.41, 5.74) is 0.373. The van der Waals surface area contributed by atoms with Crippen LogP contribution in [0.4, 0.5) is 0 Å². The van der Waals surface area contributed by atoms with Crippen molar-refractivity contribution >= 4 is 11.8 Å². The van der Waals surface area contributed by atoms with Gasteiger partial charge in [-0.15, -0.1) is 11.8 Å². The highest BCUT2D eigenvalue weighted by Crippen LogP contribution is 2.65. The van der Waals surface area contributed by atoms with Crippen molar-refractivity contribution in [2.45, 2.75) is 49.9 Å². The standard InChI is InChI=1S/C19H26O2S/c1-18(2)13-9-15(18)14-11-21-17(22-16(14)10-13)19(3,20)12-7-5-4-6-8-12/h4-8,13-17,20H,9-11H2,1-3H3/t13-,14+,15+,16+,17-,19-/m1/s1. The molecule has 1 saturated heterocycles. The van der Waals surface area contributed by atoms with E-state index in [2.05, 4.69) is 13.8 Å². The van der Waals surface area contributed by atoms with Crippen LogP contribution in [0.5, 0.6) is 0 Å².